The second-order valence-corrected chi connectivity index (χ2v) is 6.49. The smallest absolute Gasteiger partial charge is 0.191 e. The molecule has 0 aliphatic carbocycles. The lowest BCUT2D eigenvalue weighted by atomic mass is 10.2. The third kappa shape index (κ3) is 6.92. The molecule has 0 aromatic heterocycles. The van der Waals surface area contributed by atoms with Crippen molar-refractivity contribution in [3.63, 3.8) is 0 Å². The predicted octanol–water partition coefficient (Wildman–Crippen LogP) is 1.87. The average molecular weight is 379 g/mol. The number of rotatable bonds is 9. The van der Waals surface area contributed by atoms with Gasteiger partial charge in [0, 0.05) is 32.2 Å². The monoisotopic (exact) mass is 378 g/mol. The molecule has 27 heavy (non-hydrogen) atoms. The number of benzene rings is 1. The van der Waals surface area contributed by atoms with Crippen molar-refractivity contribution in [1.82, 2.24) is 15.5 Å². The standard InChI is InChI=1S/C20H34N4O3/c1-5-21-20(22-14-16(3)24-9-11-26-12-10-24)23-15-17-7-8-18(27-6-2)19(13-17)25-4/h7-8,13,16H,5-6,9-12,14-15H2,1-4H3,(H2,21,22,23). The summed E-state index contributed by atoms with van der Waals surface area (Å²) in [6.45, 7) is 12.7. The zero-order valence-electron chi connectivity index (χ0n) is 17.1. The Kier molecular flexibility index (Phi) is 9.21. The number of aliphatic imine (C=N–C) groups is 1. The first kappa shape index (κ1) is 21.3. The molecule has 7 heteroatoms. The molecule has 1 saturated heterocycles. The second-order valence-electron chi connectivity index (χ2n) is 6.49. The Labute approximate surface area is 163 Å². The van der Waals surface area contributed by atoms with Crippen LogP contribution in [0.1, 0.15) is 26.3 Å². The van der Waals surface area contributed by atoms with E-state index in [-0.39, 0.29) is 0 Å². The lowest BCUT2D eigenvalue weighted by molar-refractivity contribution is 0.0211. The van der Waals surface area contributed by atoms with Crippen molar-refractivity contribution in [3.8, 4) is 11.5 Å². The molecule has 1 aromatic rings. The Morgan fingerprint density at radius 1 is 1.22 bits per heavy atom. The minimum Gasteiger partial charge on any atom is -0.493 e. The predicted molar refractivity (Wildman–Crippen MR) is 109 cm³/mol. The highest BCUT2D eigenvalue weighted by Gasteiger charge is 2.17. The van der Waals surface area contributed by atoms with Gasteiger partial charge >= 0.3 is 0 Å². The Balaban J connectivity index is 1.93. The SMILES string of the molecule is CCNC(=NCc1ccc(OCC)c(OC)c1)NCC(C)N1CCOCC1. The van der Waals surface area contributed by atoms with Gasteiger partial charge in [-0.25, -0.2) is 4.99 Å². The highest BCUT2D eigenvalue weighted by atomic mass is 16.5. The highest BCUT2D eigenvalue weighted by molar-refractivity contribution is 5.79. The molecule has 2 N–H and O–H groups in total. The van der Waals surface area contributed by atoms with Gasteiger partial charge in [0.15, 0.2) is 17.5 Å². The molecule has 1 aliphatic rings. The first-order chi connectivity index (χ1) is 13.2. The molecule has 7 nitrogen and oxygen atoms in total. The molecule has 1 heterocycles. The normalized spacial score (nSPS) is 16.7. The molecule has 0 radical (unpaired) electrons. The van der Waals surface area contributed by atoms with Gasteiger partial charge in [-0.15, -0.1) is 0 Å². The van der Waals surface area contributed by atoms with Crippen molar-refractivity contribution in [2.75, 3.05) is 53.1 Å². The molecular formula is C20H34N4O3. The molecule has 0 spiro atoms. The van der Waals surface area contributed by atoms with Gasteiger partial charge in [0.05, 0.1) is 33.5 Å². The summed E-state index contributed by atoms with van der Waals surface area (Å²) in [5, 5.41) is 6.76. The summed E-state index contributed by atoms with van der Waals surface area (Å²) in [7, 11) is 1.66. The van der Waals surface area contributed by atoms with E-state index in [9.17, 15) is 0 Å². The van der Waals surface area contributed by atoms with Crippen LogP contribution in [0.2, 0.25) is 0 Å². The molecule has 1 atom stereocenters. The van der Waals surface area contributed by atoms with Crippen LogP contribution in [0.5, 0.6) is 11.5 Å². The van der Waals surface area contributed by atoms with E-state index in [1.807, 2.05) is 25.1 Å². The van der Waals surface area contributed by atoms with Crippen molar-refractivity contribution < 1.29 is 14.2 Å². The van der Waals surface area contributed by atoms with Crippen LogP contribution in [0.25, 0.3) is 0 Å². The number of nitrogens with one attached hydrogen (secondary N) is 2. The minimum absolute atomic E-state index is 0.434. The Hall–Kier alpha value is -1.99. The first-order valence-corrected chi connectivity index (χ1v) is 9.81. The Morgan fingerprint density at radius 3 is 2.67 bits per heavy atom. The van der Waals surface area contributed by atoms with Crippen LogP contribution >= 0.6 is 0 Å². The fourth-order valence-electron chi connectivity index (χ4n) is 2.99. The summed E-state index contributed by atoms with van der Waals surface area (Å²) < 4.78 is 16.4. The van der Waals surface area contributed by atoms with E-state index < -0.39 is 0 Å². The molecule has 0 amide bonds. The molecular weight excluding hydrogens is 344 g/mol. The van der Waals surface area contributed by atoms with E-state index in [4.69, 9.17) is 19.2 Å². The summed E-state index contributed by atoms with van der Waals surface area (Å²) in [6.07, 6.45) is 0. The maximum Gasteiger partial charge on any atom is 0.191 e. The third-order valence-corrected chi connectivity index (χ3v) is 4.53. The number of methoxy groups -OCH3 is 1. The number of ether oxygens (including phenoxy) is 3. The number of hydrogen-bond donors (Lipinski definition) is 2. The van der Waals surface area contributed by atoms with E-state index in [0.717, 1.165) is 62.4 Å². The van der Waals surface area contributed by atoms with Gasteiger partial charge in [0.1, 0.15) is 0 Å². The maximum absolute atomic E-state index is 5.57. The largest absolute Gasteiger partial charge is 0.493 e. The third-order valence-electron chi connectivity index (χ3n) is 4.53. The molecule has 0 saturated carbocycles. The van der Waals surface area contributed by atoms with Gasteiger partial charge in [-0.05, 0) is 38.5 Å². The van der Waals surface area contributed by atoms with Crippen LogP contribution in [-0.4, -0.2) is 70.0 Å². The van der Waals surface area contributed by atoms with Crippen molar-refractivity contribution in [2.45, 2.75) is 33.4 Å². The van der Waals surface area contributed by atoms with E-state index in [1.54, 1.807) is 7.11 Å². The number of guanidine groups is 1. The van der Waals surface area contributed by atoms with Gasteiger partial charge in [0.25, 0.3) is 0 Å². The molecule has 0 bridgehead atoms. The summed E-state index contributed by atoms with van der Waals surface area (Å²) in [5.74, 6) is 2.33. The van der Waals surface area contributed by atoms with Gasteiger partial charge in [-0.3, -0.25) is 4.90 Å². The summed E-state index contributed by atoms with van der Waals surface area (Å²) in [6, 6.07) is 6.38. The fraction of sp³-hybridized carbons (Fsp3) is 0.650. The van der Waals surface area contributed by atoms with Crippen molar-refractivity contribution in [1.29, 1.82) is 0 Å². The summed E-state index contributed by atoms with van der Waals surface area (Å²) >= 11 is 0. The lowest BCUT2D eigenvalue weighted by Crippen LogP contribution is -2.49. The van der Waals surface area contributed by atoms with Crippen LogP contribution < -0.4 is 20.1 Å². The molecule has 152 valence electrons. The van der Waals surface area contributed by atoms with Crippen LogP contribution in [0, 0.1) is 0 Å². The molecule has 2 rings (SSSR count). The fourth-order valence-corrected chi connectivity index (χ4v) is 2.99. The van der Waals surface area contributed by atoms with Crippen LogP contribution in [-0.2, 0) is 11.3 Å². The highest BCUT2D eigenvalue weighted by Crippen LogP contribution is 2.28. The number of morpholine rings is 1. The Bertz CT molecular complexity index is 589. The quantitative estimate of drug-likeness (QED) is 0.505. The van der Waals surface area contributed by atoms with E-state index in [2.05, 4.69) is 29.4 Å². The summed E-state index contributed by atoms with van der Waals surface area (Å²) in [4.78, 5) is 7.15. The zero-order valence-corrected chi connectivity index (χ0v) is 17.1. The number of hydrogen-bond acceptors (Lipinski definition) is 5. The molecule has 1 aliphatic heterocycles. The first-order valence-electron chi connectivity index (χ1n) is 9.81. The molecule has 1 unspecified atom stereocenters. The molecule has 1 aromatic carbocycles. The van der Waals surface area contributed by atoms with E-state index >= 15 is 0 Å². The summed E-state index contributed by atoms with van der Waals surface area (Å²) in [5.41, 5.74) is 1.08. The van der Waals surface area contributed by atoms with Gasteiger partial charge in [-0.2, -0.15) is 0 Å². The van der Waals surface area contributed by atoms with Gasteiger partial charge < -0.3 is 24.8 Å². The van der Waals surface area contributed by atoms with Gasteiger partial charge in [-0.1, -0.05) is 6.07 Å². The minimum atomic E-state index is 0.434. The topological polar surface area (TPSA) is 67.4 Å². The molecule has 1 fully saturated rings. The number of nitrogens with zero attached hydrogens (tertiary/aromatic N) is 2. The maximum atomic E-state index is 5.57. The van der Waals surface area contributed by atoms with E-state index in [0.29, 0.717) is 19.2 Å². The van der Waals surface area contributed by atoms with E-state index in [1.165, 1.54) is 0 Å². The van der Waals surface area contributed by atoms with Crippen molar-refractivity contribution >= 4 is 5.96 Å². The Morgan fingerprint density at radius 2 is 2.00 bits per heavy atom. The second kappa shape index (κ2) is 11.7. The van der Waals surface area contributed by atoms with Crippen molar-refractivity contribution in [2.24, 2.45) is 4.99 Å². The van der Waals surface area contributed by atoms with Crippen LogP contribution in [0.3, 0.4) is 0 Å². The van der Waals surface area contributed by atoms with Gasteiger partial charge in [0.2, 0.25) is 0 Å². The van der Waals surface area contributed by atoms with Crippen LogP contribution in [0.15, 0.2) is 23.2 Å². The van der Waals surface area contributed by atoms with Crippen molar-refractivity contribution in [3.05, 3.63) is 23.8 Å². The van der Waals surface area contributed by atoms with Crippen LogP contribution in [0.4, 0.5) is 0 Å². The lowest BCUT2D eigenvalue weighted by Gasteiger charge is -2.32. The average Bonchev–Trinajstić information content (AvgIpc) is 2.71. The zero-order chi connectivity index (χ0) is 19.5.